The van der Waals surface area contributed by atoms with E-state index in [1.54, 1.807) is 0 Å². The van der Waals surface area contributed by atoms with Crippen molar-refractivity contribution in [3.8, 4) is 0 Å². The van der Waals surface area contributed by atoms with Crippen molar-refractivity contribution in [3.05, 3.63) is 29.8 Å². The van der Waals surface area contributed by atoms with Gasteiger partial charge in [0.15, 0.2) is 0 Å². The SMILES string of the molecule is CCCCOCCCc1cccc(N)c1. The molecule has 0 aliphatic heterocycles. The maximum absolute atomic E-state index is 5.70. The summed E-state index contributed by atoms with van der Waals surface area (Å²) in [5.74, 6) is 0. The van der Waals surface area contributed by atoms with E-state index in [4.69, 9.17) is 10.5 Å². The van der Waals surface area contributed by atoms with Crippen molar-refractivity contribution in [2.75, 3.05) is 18.9 Å². The Morgan fingerprint density at radius 1 is 1.20 bits per heavy atom. The molecule has 0 aliphatic carbocycles. The Bertz CT molecular complexity index is 273. The molecule has 0 saturated heterocycles. The third-order valence-electron chi connectivity index (χ3n) is 2.35. The van der Waals surface area contributed by atoms with Crippen molar-refractivity contribution in [3.63, 3.8) is 0 Å². The van der Waals surface area contributed by atoms with Gasteiger partial charge in [-0.3, -0.25) is 0 Å². The molecule has 84 valence electrons. The van der Waals surface area contributed by atoms with Crippen molar-refractivity contribution in [2.45, 2.75) is 32.6 Å². The van der Waals surface area contributed by atoms with Gasteiger partial charge in [0.2, 0.25) is 0 Å². The third-order valence-corrected chi connectivity index (χ3v) is 2.35. The minimum Gasteiger partial charge on any atom is -0.399 e. The lowest BCUT2D eigenvalue weighted by Gasteiger charge is -2.04. The first kappa shape index (κ1) is 12.1. The van der Waals surface area contributed by atoms with E-state index in [9.17, 15) is 0 Å². The van der Waals surface area contributed by atoms with Crippen LogP contribution in [0.25, 0.3) is 0 Å². The zero-order chi connectivity index (χ0) is 10.9. The highest BCUT2D eigenvalue weighted by Crippen LogP contribution is 2.08. The maximum atomic E-state index is 5.70. The molecule has 0 radical (unpaired) electrons. The quantitative estimate of drug-likeness (QED) is 0.551. The third kappa shape index (κ3) is 5.43. The summed E-state index contributed by atoms with van der Waals surface area (Å²) in [6, 6.07) is 8.07. The minimum atomic E-state index is 0.847. The smallest absolute Gasteiger partial charge is 0.0469 e. The fraction of sp³-hybridized carbons (Fsp3) is 0.538. The van der Waals surface area contributed by atoms with Crippen molar-refractivity contribution in [1.82, 2.24) is 0 Å². The summed E-state index contributed by atoms with van der Waals surface area (Å²) in [7, 11) is 0. The van der Waals surface area contributed by atoms with E-state index < -0.39 is 0 Å². The molecular weight excluding hydrogens is 186 g/mol. The Labute approximate surface area is 92.4 Å². The highest BCUT2D eigenvalue weighted by atomic mass is 16.5. The first-order chi connectivity index (χ1) is 7.33. The summed E-state index contributed by atoms with van der Waals surface area (Å²) in [5, 5.41) is 0. The van der Waals surface area contributed by atoms with E-state index in [1.807, 2.05) is 18.2 Å². The van der Waals surface area contributed by atoms with Crippen LogP contribution in [0.2, 0.25) is 0 Å². The molecule has 0 aliphatic rings. The minimum absolute atomic E-state index is 0.847. The first-order valence-corrected chi connectivity index (χ1v) is 5.75. The van der Waals surface area contributed by atoms with E-state index >= 15 is 0 Å². The molecule has 0 atom stereocenters. The van der Waals surface area contributed by atoms with Crippen LogP contribution in [0.5, 0.6) is 0 Å². The molecule has 2 N–H and O–H groups in total. The van der Waals surface area contributed by atoms with Crippen molar-refractivity contribution in [2.24, 2.45) is 0 Å². The highest BCUT2D eigenvalue weighted by molar-refractivity contribution is 5.40. The molecule has 15 heavy (non-hydrogen) atoms. The lowest BCUT2D eigenvalue weighted by Crippen LogP contribution is -1.98. The summed E-state index contributed by atoms with van der Waals surface area (Å²) in [6.45, 7) is 3.93. The number of benzene rings is 1. The molecule has 1 aromatic rings. The highest BCUT2D eigenvalue weighted by Gasteiger charge is 1.94. The number of anilines is 1. The van der Waals surface area contributed by atoms with E-state index in [-0.39, 0.29) is 0 Å². The van der Waals surface area contributed by atoms with Gasteiger partial charge in [-0.15, -0.1) is 0 Å². The molecular formula is C13H21NO. The molecule has 0 amide bonds. The molecule has 1 aromatic carbocycles. The van der Waals surface area contributed by atoms with Crippen LogP contribution in [-0.2, 0) is 11.2 Å². The molecule has 2 nitrogen and oxygen atoms in total. The second-order valence-electron chi connectivity index (χ2n) is 3.81. The first-order valence-electron chi connectivity index (χ1n) is 5.75. The summed E-state index contributed by atoms with van der Waals surface area (Å²) in [4.78, 5) is 0. The van der Waals surface area contributed by atoms with Crippen molar-refractivity contribution < 1.29 is 4.74 Å². The van der Waals surface area contributed by atoms with Gasteiger partial charge in [0.05, 0.1) is 0 Å². The average Bonchev–Trinajstić information content (AvgIpc) is 2.23. The van der Waals surface area contributed by atoms with Gasteiger partial charge in [-0.2, -0.15) is 0 Å². The summed E-state index contributed by atoms with van der Waals surface area (Å²) < 4.78 is 5.49. The largest absolute Gasteiger partial charge is 0.399 e. The molecule has 0 bridgehead atoms. The summed E-state index contributed by atoms with van der Waals surface area (Å²) in [5.41, 5.74) is 7.84. The van der Waals surface area contributed by atoms with Gasteiger partial charge in [0.1, 0.15) is 0 Å². The summed E-state index contributed by atoms with van der Waals surface area (Å²) >= 11 is 0. The second-order valence-corrected chi connectivity index (χ2v) is 3.81. The Morgan fingerprint density at radius 3 is 2.73 bits per heavy atom. The maximum Gasteiger partial charge on any atom is 0.0469 e. The van der Waals surface area contributed by atoms with Gasteiger partial charge >= 0.3 is 0 Å². The van der Waals surface area contributed by atoms with E-state index in [1.165, 1.54) is 12.0 Å². The van der Waals surface area contributed by atoms with Crippen LogP contribution >= 0.6 is 0 Å². The fourth-order valence-electron chi connectivity index (χ4n) is 1.48. The topological polar surface area (TPSA) is 35.2 Å². The molecule has 0 unspecified atom stereocenters. The normalized spacial score (nSPS) is 10.5. The fourth-order valence-corrected chi connectivity index (χ4v) is 1.48. The van der Waals surface area contributed by atoms with Gasteiger partial charge in [-0.05, 0) is 37.0 Å². The molecule has 0 aromatic heterocycles. The number of hydrogen-bond donors (Lipinski definition) is 1. The van der Waals surface area contributed by atoms with Crippen LogP contribution in [0.15, 0.2) is 24.3 Å². The molecule has 1 rings (SSSR count). The molecule has 0 heterocycles. The van der Waals surface area contributed by atoms with Gasteiger partial charge in [0, 0.05) is 18.9 Å². The van der Waals surface area contributed by atoms with Crippen LogP contribution in [0, 0.1) is 0 Å². The Kier molecular flexibility index (Phi) is 5.86. The number of aryl methyl sites for hydroxylation is 1. The second kappa shape index (κ2) is 7.30. The van der Waals surface area contributed by atoms with Gasteiger partial charge < -0.3 is 10.5 Å². The molecule has 0 spiro atoms. The number of hydrogen-bond acceptors (Lipinski definition) is 2. The molecule has 2 heteroatoms. The van der Waals surface area contributed by atoms with E-state index in [0.29, 0.717) is 0 Å². The lowest BCUT2D eigenvalue weighted by molar-refractivity contribution is 0.129. The number of rotatable bonds is 7. The summed E-state index contributed by atoms with van der Waals surface area (Å²) in [6.07, 6.45) is 4.50. The van der Waals surface area contributed by atoms with Gasteiger partial charge in [-0.1, -0.05) is 25.5 Å². The number of nitrogen functional groups attached to an aromatic ring is 1. The van der Waals surface area contributed by atoms with Crippen molar-refractivity contribution in [1.29, 1.82) is 0 Å². The van der Waals surface area contributed by atoms with Crippen LogP contribution in [0.4, 0.5) is 5.69 Å². The van der Waals surface area contributed by atoms with Crippen LogP contribution < -0.4 is 5.73 Å². The zero-order valence-corrected chi connectivity index (χ0v) is 9.54. The van der Waals surface area contributed by atoms with E-state index in [0.717, 1.165) is 38.2 Å². The van der Waals surface area contributed by atoms with Gasteiger partial charge in [0.25, 0.3) is 0 Å². The average molecular weight is 207 g/mol. The Balaban J connectivity index is 2.10. The zero-order valence-electron chi connectivity index (χ0n) is 9.54. The predicted octanol–water partition coefficient (Wildman–Crippen LogP) is 3.02. The number of unbranched alkanes of at least 4 members (excludes halogenated alkanes) is 1. The number of ether oxygens (including phenoxy) is 1. The van der Waals surface area contributed by atoms with Crippen molar-refractivity contribution >= 4 is 5.69 Å². The lowest BCUT2D eigenvalue weighted by atomic mass is 10.1. The van der Waals surface area contributed by atoms with Crippen LogP contribution in [0.1, 0.15) is 31.7 Å². The van der Waals surface area contributed by atoms with Crippen LogP contribution in [-0.4, -0.2) is 13.2 Å². The van der Waals surface area contributed by atoms with Gasteiger partial charge in [-0.25, -0.2) is 0 Å². The standard InChI is InChI=1S/C13H21NO/c1-2-3-9-15-10-5-7-12-6-4-8-13(14)11-12/h4,6,8,11H,2-3,5,7,9-10,14H2,1H3. The predicted molar refractivity (Wildman–Crippen MR) is 64.9 cm³/mol. The van der Waals surface area contributed by atoms with E-state index in [2.05, 4.69) is 13.0 Å². The van der Waals surface area contributed by atoms with Crippen LogP contribution in [0.3, 0.4) is 0 Å². The number of nitrogens with two attached hydrogens (primary N) is 1. The molecule has 0 fully saturated rings. The Morgan fingerprint density at radius 2 is 2.00 bits per heavy atom. The Hall–Kier alpha value is -1.02. The monoisotopic (exact) mass is 207 g/mol. The molecule has 0 saturated carbocycles.